The third-order valence-electron chi connectivity index (χ3n) is 4.17. The average molecular weight is 282 g/mol. The highest BCUT2D eigenvalue weighted by Gasteiger charge is 2.29. The van der Waals surface area contributed by atoms with Crippen molar-refractivity contribution in [2.45, 2.75) is 32.7 Å². The first-order valence-corrected chi connectivity index (χ1v) is 6.93. The summed E-state index contributed by atoms with van der Waals surface area (Å²) in [6.07, 6.45) is 2.00. The fourth-order valence-corrected chi connectivity index (χ4v) is 2.72. The fourth-order valence-electron chi connectivity index (χ4n) is 2.72. The van der Waals surface area contributed by atoms with Gasteiger partial charge in [-0.3, -0.25) is 4.79 Å². The van der Waals surface area contributed by atoms with E-state index >= 15 is 0 Å². The van der Waals surface area contributed by atoms with Crippen molar-refractivity contribution in [3.63, 3.8) is 0 Å². The van der Waals surface area contributed by atoms with Crippen LogP contribution >= 0.6 is 0 Å². The number of piperidine rings is 1. The molecule has 0 saturated carbocycles. The monoisotopic (exact) mass is 282 g/mol. The predicted octanol–water partition coefficient (Wildman–Crippen LogP) is 3.27. The van der Waals surface area contributed by atoms with Crippen LogP contribution in [0, 0.1) is 17.6 Å². The lowest BCUT2D eigenvalue weighted by Gasteiger charge is -2.38. The third-order valence-corrected chi connectivity index (χ3v) is 4.17. The number of hydrogen-bond acceptors (Lipinski definition) is 2. The second kappa shape index (κ2) is 5.77. The molecule has 1 saturated heterocycles. The van der Waals surface area contributed by atoms with Gasteiger partial charge in [0.25, 0.3) is 5.91 Å². The topological polar surface area (TPSA) is 32.3 Å². The minimum Gasteiger partial charge on any atom is -0.383 e. The molecule has 1 amide bonds. The number of halogens is 2. The van der Waals surface area contributed by atoms with Crippen molar-refractivity contribution in [1.29, 1.82) is 0 Å². The number of amides is 1. The number of benzene rings is 1. The van der Waals surface area contributed by atoms with Gasteiger partial charge in [0.15, 0.2) is 0 Å². The summed E-state index contributed by atoms with van der Waals surface area (Å²) in [5.74, 6) is -1.38. The van der Waals surface area contributed by atoms with Crippen LogP contribution in [0.4, 0.5) is 14.5 Å². The molecule has 1 aliphatic heterocycles. The summed E-state index contributed by atoms with van der Waals surface area (Å²) in [6, 6.07) is 2.29. The molecule has 2 atom stereocenters. The van der Waals surface area contributed by atoms with Crippen molar-refractivity contribution in [3.8, 4) is 0 Å². The zero-order valence-electron chi connectivity index (χ0n) is 12.0. The van der Waals surface area contributed by atoms with Gasteiger partial charge in [-0.25, -0.2) is 8.78 Å². The quantitative estimate of drug-likeness (QED) is 0.903. The molecule has 5 heteroatoms. The van der Waals surface area contributed by atoms with Gasteiger partial charge in [0.1, 0.15) is 17.3 Å². The van der Waals surface area contributed by atoms with Crippen molar-refractivity contribution >= 4 is 11.6 Å². The summed E-state index contributed by atoms with van der Waals surface area (Å²) in [6.45, 7) is 4.72. The Morgan fingerprint density at radius 2 is 1.90 bits per heavy atom. The Kier molecular flexibility index (Phi) is 4.26. The number of anilines is 1. The van der Waals surface area contributed by atoms with E-state index in [1.54, 1.807) is 4.90 Å². The molecule has 1 aromatic carbocycles. The molecule has 1 N–H and O–H groups in total. The van der Waals surface area contributed by atoms with Crippen molar-refractivity contribution in [1.82, 2.24) is 4.90 Å². The highest BCUT2D eigenvalue weighted by Crippen LogP contribution is 2.26. The summed E-state index contributed by atoms with van der Waals surface area (Å²) in [5.41, 5.74) is -0.137. The van der Waals surface area contributed by atoms with Gasteiger partial charge in [-0.2, -0.15) is 0 Å². The molecule has 3 nitrogen and oxygen atoms in total. The largest absolute Gasteiger partial charge is 0.383 e. The maximum absolute atomic E-state index is 13.7. The van der Waals surface area contributed by atoms with Crippen LogP contribution in [0.1, 0.15) is 37.0 Å². The molecule has 1 fully saturated rings. The van der Waals surface area contributed by atoms with E-state index in [-0.39, 0.29) is 23.2 Å². The zero-order chi connectivity index (χ0) is 14.9. The van der Waals surface area contributed by atoms with Gasteiger partial charge in [-0.1, -0.05) is 6.92 Å². The third kappa shape index (κ3) is 2.62. The molecule has 0 aliphatic carbocycles. The molecule has 0 radical (unpaired) electrons. The van der Waals surface area contributed by atoms with E-state index in [2.05, 4.69) is 12.2 Å². The standard InChI is InChI=1S/C15H20F2N2O/c1-9-5-4-6-19(10(9)2)15(20)11-7-12(16)14(18-3)13(17)8-11/h7-10,18H,4-6H2,1-3H3. The molecule has 1 heterocycles. The van der Waals surface area contributed by atoms with Crippen LogP contribution in [0.25, 0.3) is 0 Å². The van der Waals surface area contributed by atoms with Crippen LogP contribution in [0.15, 0.2) is 12.1 Å². The van der Waals surface area contributed by atoms with Gasteiger partial charge in [-0.05, 0) is 37.8 Å². The number of carbonyl (C=O) groups excluding carboxylic acids is 1. The van der Waals surface area contributed by atoms with E-state index in [1.165, 1.54) is 7.05 Å². The number of carbonyl (C=O) groups is 1. The molecule has 0 aromatic heterocycles. The van der Waals surface area contributed by atoms with Crippen LogP contribution in [-0.2, 0) is 0 Å². The van der Waals surface area contributed by atoms with Gasteiger partial charge < -0.3 is 10.2 Å². The van der Waals surface area contributed by atoms with Gasteiger partial charge in [0.2, 0.25) is 0 Å². The first-order valence-electron chi connectivity index (χ1n) is 6.93. The van der Waals surface area contributed by atoms with Crippen molar-refractivity contribution in [3.05, 3.63) is 29.3 Å². The molecule has 1 aliphatic rings. The van der Waals surface area contributed by atoms with E-state index in [9.17, 15) is 13.6 Å². The Hall–Kier alpha value is -1.65. The number of hydrogen-bond donors (Lipinski definition) is 1. The summed E-state index contributed by atoms with van der Waals surface area (Å²) in [4.78, 5) is 14.1. The molecule has 20 heavy (non-hydrogen) atoms. The van der Waals surface area contributed by atoms with Crippen molar-refractivity contribution < 1.29 is 13.6 Å². The van der Waals surface area contributed by atoms with E-state index in [0.717, 1.165) is 25.0 Å². The van der Waals surface area contributed by atoms with Gasteiger partial charge in [0.05, 0.1) is 0 Å². The lowest BCUT2D eigenvalue weighted by Crippen LogP contribution is -2.46. The Bertz CT molecular complexity index is 496. The Morgan fingerprint density at radius 3 is 2.45 bits per heavy atom. The Labute approximate surface area is 118 Å². The summed E-state index contributed by atoms with van der Waals surface area (Å²) in [7, 11) is 1.44. The number of nitrogens with one attached hydrogen (secondary N) is 1. The smallest absolute Gasteiger partial charge is 0.254 e. The highest BCUT2D eigenvalue weighted by molar-refractivity contribution is 5.95. The molecule has 110 valence electrons. The van der Waals surface area contributed by atoms with Gasteiger partial charge in [-0.15, -0.1) is 0 Å². The van der Waals surface area contributed by atoms with E-state index in [4.69, 9.17) is 0 Å². The number of likely N-dealkylation sites (tertiary alicyclic amines) is 1. The molecule has 0 bridgehead atoms. The van der Waals surface area contributed by atoms with Crippen LogP contribution in [0.3, 0.4) is 0 Å². The van der Waals surface area contributed by atoms with E-state index in [1.807, 2.05) is 6.92 Å². The Balaban J connectivity index is 2.29. The van der Waals surface area contributed by atoms with Crippen molar-refractivity contribution in [2.24, 2.45) is 5.92 Å². The Morgan fingerprint density at radius 1 is 1.30 bits per heavy atom. The van der Waals surface area contributed by atoms with Crippen LogP contribution in [-0.4, -0.2) is 30.4 Å². The summed E-state index contributed by atoms with van der Waals surface area (Å²) in [5, 5.41) is 2.45. The number of rotatable bonds is 2. The lowest BCUT2D eigenvalue weighted by atomic mass is 9.91. The molecular formula is C15H20F2N2O. The van der Waals surface area contributed by atoms with Crippen LogP contribution in [0.2, 0.25) is 0 Å². The zero-order valence-corrected chi connectivity index (χ0v) is 12.0. The molecule has 1 aromatic rings. The molecule has 0 spiro atoms. The highest BCUT2D eigenvalue weighted by atomic mass is 19.1. The minimum absolute atomic E-state index is 0.0694. The van der Waals surface area contributed by atoms with E-state index < -0.39 is 11.6 Å². The fraction of sp³-hybridized carbons (Fsp3) is 0.533. The van der Waals surface area contributed by atoms with Gasteiger partial charge in [0, 0.05) is 25.2 Å². The summed E-state index contributed by atoms with van der Waals surface area (Å²) >= 11 is 0. The second-order valence-electron chi connectivity index (χ2n) is 5.42. The van der Waals surface area contributed by atoms with Crippen LogP contribution < -0.4 is 5.32 Å². The molecule has 2 unspecified atom stereocenters. The van der Waals surface area contributed by atoms with Gasteiger partial charge >= 0.3 is 0 Å². The maximum Gasteiger partial charge on any atom is 0.254 e. The average Bonchev–Trinajstić information content (AvgIpc) is 2.41. The normalized spacial score (nSPS) is 22.8. The van der Waals surface area contributed by atoms with E-state index in [0.29, 0.717) is 12.5 Å². The predicted molar refractivity (Wildman–Crippen MR) is 74.8 cm³/mol. The summed E-state index contributed by atoms with van der Waals surface area (Å²) < 4.78 is 27.5. The SMILES string of the molecule is CNc1c(F)cc(C(=O)N2CCCC(C)C2C)cc1F. The maximum atomic E-state index is 13.7. The second-order valence-corrected chi connectivity index (χ2v) is 5.42. The first kappa shape index (κ1) is 14.8. The first-order chi connectivity index (χ1) is 9.45. The minimum atomic E-state index is -0.742. The van der Waals surface area contributed by atoms with Crippen molar-refractivity contribution in [2.75, 3.05) is 18.9 Å². The lowest BCUT2D eigenvalue weighted by molar-refractivity contribution is 0.0550. The van der Waals surface area contributed by atoms with Crippen LogP contribution in [0.5, 0.6) is 0 Å². The molecular weight excluding hydrogens is 262 g/mol. The number of nitrogens with zero attached hydrogens (tertiary/aromatic N) is 1. The molecule has 2 rings (SSSR count).